The Kier molecular flexibility index (Phi) is 9.44. The normalized spacial score (nSPS) is 13.8. The van der Waals surface area contributed by atoms with Gasteiger partial charge in [0.25, 0.3) is 0 Å². The van der Waals surface area contributed by atoms with Gasteiger partial charge < -0.3 is 9.47 Å². The van der Waals surface area contributed by atoms with E-state index >= 15 is 0 Å². The molecule has 0 radical (unpaired) electrons. The second kappa shape index (κ2) is 15.8. The van der Waals surface area contributed by atoms with Gasteiger partial charge in [-0.2, -0.15) is 0 Å². The first-order valence-electron chi connectivity index (χ1n) is 22.4. The van der Waals surface area contributed by atoms with E-state index in [1.807, 2.05) is 0 Å². The Labute approximate surface area is 382 Å². The second-order valence-corrected chi connectivity index (χ2v) is 24.6. The fraction of sp³-hybridized carbons (Fsp3) is 0.0164. The number of hydrogen-bond donors (Lipinski definition) is 0. The van der Waals surface area contributed by atoms with Gasteiger partial charge in [0.2, 0.25) is 0 Å². The summed E-state index contributed by atoms with van der Waals surface area (Å²) in [6.45, 7) is 2.20. The average molecular weight is 865 g/mol. The molecule has 0 spiro atoms. The van der Waals surface area contributed by atoms with E-state index < -0.39 is 16.1 Å². The molecule has 0 fully saturated rings. The molecule has 4 heteroatoms. The lowest BCUT2D eigenvalue weighted by molar-refractivity contribution is 0.489. The summed E-state index contributed by atoms with van der Waals surface area (Å²) in [7, 11) is -5.76. The Hall–Kier alpha value is -7.77. The van der Waals surface area contributed by atoms with Crippen molar-refractivity contribution >= 4 is 57.6 Å². The monoisotopic (exact) mass is 864 g/mol. The second-order valence-electron chi connectivity index (χ2n) is 17.1. The molecule has 0 N–H and O–H groups in total. The van der Waals surface area contributed by atoms with Crippen molar-refractivity contribution < 1.29 is 9.47 Å². The van der Waals surface area contributed by atoms with Gasteiger partial charge in [-0.25, -0.2) is 0 Å². The quantitative estimate of drug-likeness (QED) is 0.149. The van der Waals surface area contributed by atoms with Crippen LogP contribution < -0.4 is 51.0 Å². The maximum atomic E-state index is 7.25. The van der Waals surface area contributed by atoms with Gasteiger partial charge in [0.15, 0.2) is 16.1 Å². The van der Waals surface area contributed by atoms with Crippen LogP contribution in [0.15, 0.2) is 249 Å². The maximum Gasteiger partial charge on any atom is 0.188 e. The molecule has 12 rings (SSSR count). The van der Waals surface area contributed by atoms with Crippen LogP contribution >= 0.6 is 0 Å². The molecule has 10 aromatic rings. The maximum absolute atomic E-state index is 7.25. The first-order valence-corrected chi connectivity index (χ1v) is 26.4. The third-order valence-electron chi connectivity index (χ3n) is 13.7. The molecular formula is C61H44O2Si2. The van der Waals surface area contributed by atoms with Crippen LogP contribution in [0.2, 0.25) is 0 Å². The number of hydrogen-bond acceptors (Lipinski definition) is 2. The molecule has 0 atom stereocenters. The number of ether oxygens (including phenoxy) is 2. The smallest absolute Gasteiger partial charge is 0.188 e. The molecule has 0 aliphatic carbocycles. The van der Waals surface area contributed by atoms with Crippen molar-refractivity contribution in [3.8, 4) is 56.4 Å². The lowest BCUT2D eigenvalue weighted by Gasteiger charge is -2.40. The molecule has 0 unspecified atom stereocenters. The molecule has 0 amide bonds. The summed E-state index contributed by atoms with van der Waals surface area (Å²) < 4.78 is 14.5. The van der Waals surface area contributed by atoms with E-state index in [2.05, 4.69) is 256 Å². The summed E-state index contributed by atoms with van der Waals surface area (Å²) >= 11 is 0. The first-order chi connectivity index (χ1) is 32.2. The SMILES string of the molecule is Cc1ccccc1-c1cc(-c2cccc3c2Oc2ccccc2[Si]3(c2ccccc2)c2ccccc2)cc(-c2cccc3c2Oc2ccccc2[Si]3(c2ccccc2)c2ccccc2)c1. The van der Waals surface area contributed by atoms with E-state index in [9.17, 15) is 0 Å². The van der Waals surface area contributed by atoms with Crippen LogP contribution in [0.4, 0.5) is 0 Å². The molecule has 0 saturated heterocycles. The highest BCUT2D eigenvalue weighted by Gasteiger charge is 2.50. The van der Waals surface area contributed by atoms with Gasteiger partial charge in [0, 0.05) is 11.1 Å². The average Bonchev–Trinajstić information content (AvgIpc) is 3.38. The fourth-order valence-corrected chi connectivity index (χ4v) is 20.9. The van der Waals surface area contributed by atoms with Crippen LogP contribution in [-0.2, 0) is 0 Å². The minimum atomic E-state index is -2.88. The van der Waals surface area contributed by atoms with Crippen LogP contribution in [-0.4, -0.2) is 16.1 Å². The first kappa shape index (κ1) is 38.9. The van der Waals surface area contributed by atoms with Crippen molar-refractivity contribution in [2.75, 3.05) is 0 Å². The Morgan fingerprint density at radius 2 is 0.585 bits per heavy atom. The van der Waals surface area contributed by atoms with E-state index in [-0.39, 0.29) is 0 Å². The zero-order valence-corrected chi connectivity index (χ0v) is 38.0. The zero-order valence-electron chi connectivity index (χ0n) is 36.0. The van der Waals surface area contributed by atoms with Crippen molar-refractivity contribution in [1.29, 1.82) is 0 Å². The van der Waals surface area contributed by atoms with E-state index in [4.69, 9.17) is 9.47 Å². The third-order valence-corrected chi connectivity index (χ3v) is 23.3. The molecule has 0 bridgehead atoms. The van der Waals surface area contributed by atoms with Crippen molar-refractivity contribution in [3.05, 3.63) is 254 Å². The summed E-state index contributed by atoms with van der Waals surface area (Å²) in [5.41, 5.74) is 7.85. The minimum absolute atomic E-state index is 0.912. The zero-order chi connectivity index (χ0) is 43.4. The molecule has 2 nitrogen and oxygen atoms in total. The third kappa shape index (κ3) is 6.06. The summed E-state index contributed by atoms with van der Waals surface area (Å²) in [6.07, 6.45) is 0. The van der Waals surface area contributed by atoms with E-state index in [0.717, 1.165) is 50.8 Å². The van der Waals surface area contributed by atoms with Crippen molar-refractivity contribution in [2.24, 2.45) is 0 Å². The van der Waals surface area contributed by atoms with Crippen molar-refractivity contribution in [1.82, 2.24) is 0 Å². The van der Waals surface area contributed by atoms with E-state index in [0.29, 0.717) is 0 Å². The fourth-order valence-electron chi connectivity index (χ4n) is 10.9. The highest BCUT2D eigenvalue weighted by Crippen LogP contribution is 2.44. The van der Waals surface area contributed by atoms with Crippen molar-refractivity contribution in [2.45, 2.75) is 6.92 Å². The summed E-state index contributed by atoms with van der Waals surface area (Å²) in [5, 5.41) is 10.3. The van der Waals surface area contributed by atoms with Crippen LogP contribution in [0.1, 0.15) is 5.56 Å². The predicted molar refractivity (Wildman–Crippen MR) is 275 cm³/mol. The Morgan fingerprint density at radius 3 is 0.985 bits per heavy atom. The highest BCUT2D eigenvalue weighted by molar-refractivity contribution is 7.21. The minimum Gasteiger partial charge on any atom is -0.457 e. The standard InChI is InChI=1S/C61H44O2Si2/c1-43-22-14-15-31-51(43)44-40-45(52-32-20-38-58-60(52)62-54-34-16-18-36-56(54)64(58,47-23-6-2-7-24-47)48-25-8-3-9-26-48)42-46(41-44)53-33-21-39-59-61(53)63-55-35-17-19-37-57(55)65(59,49-27-10-4-11-28-49)50-29-12-5-13-30-50/h2-42H,1H3. The Morgan fingerprint density at radius 1 is 0.277 bits per heavy atom. The molecule has 2 aliphatic rings. The molecular weight excluding hydrogens is 821 g/mol. The molecule has 65 heavy (non-hydrogen) atoms. The molecule has 2 heterocycles. The van der Waals surface area contributed by atoms with Gasteiger partial charge in [0.05, 0.1) is 0 Å². The van der Waals surface area contributed by atoms with Gasteiger partial charge in [0.1, 0.15) is 23.0 Å². The summed E-state index contributed by atoms with van der Waals surface area (Å²) in [5.74, 6) is 3.65. The van der Waals surface area contributed by atoms with Crippen LogP contribution in [0.25, 0.3) is 33.4 Å². The van der Waals surface area contributed by atoms with Gasteiger partial charge in [-0.3, -0.25) is 0 Å². The van der Waals surface area contributed by atoms with E-state index in [1.54, 1.807) is 0 Å². The van der Waals surface area contributed by atoms with Gasteiger partial charge in [-0.05, 0) is 107 Å². The van der Waals surface area contributed by atoms with Crippen LogP contribution in [0.3, 0.4) is 0 Å². The highest BCUT2D eigenvalue weighted by atomic mass is 28.3. The number of rotatable bonds is 7. The predicted octanol–water partition coefficient (Wildman–Crippen LogP) is 9.96. The lowest BCUT2D eigenvalue weighted by atomic mass is 9.91. The summed E-state index contributed by atoms with van der Waals surface area (Å²) in [4.78, 5) is 0. The number of benzene rings is 10. The molecule has 308 valence electrons. The van der Waals surface area contributed by atoms with Crippen molar-refractivity contribution in [3.63, 3.8) is 0 Å². The summed E-state index contributed by atoms with van der Waals surface area (Å²) in [6, 6.07) is 91.3. The number of fused-ring (bicyclic) bond motifs is 4. The molecule has 0 saturated carbocycles. The number of para-hydroxylation sites is 4. The van der Waals surface area contributed by atoms with Crippen LogP contribution in [0, 0.1) is 6.92 Å². The Balaban J connectivity index is 1.14. The largest absolute Gasteiger partial charge is 0.457 e. The van der Waals surface area contributed by atoms with Gasteiger partial charge >= 0.3 is 0 Å². The van der Waals surface area contributed by atoms with Gasteiger partial charge in [-0.15, -0.1) is 0 Å². The molecule has 0 aromatic heterocycles. The molecule has 2 aliphatic heterocycles. The molecule has 10 aromatic carbocycles. The van der Waals surface area contributed by atoms with Gasteiger partial charge in [-0.1, -0.05) is 218 Å². The number of aryl methyl sites for hydroxylation is 1. The van der Waals surface area contributed by atoms with E-state index in [1.165, 1.54) is 52.6 Å². The van der Waals surface area contributed by atoms with Crippen LogP contribution in [0.5, 0.6) is 23.0 Å². The lowest BCUT2D eigenvalue weighted by Crippen LogP contribution is -2.76. The Bertz CT molecular complexity index is 3110. The topological polar surface area (TPSA) is 18.5 Å².